The zero-order valence-electron chi connectivity index (χ0n) is 8.45. The molecule has 0 bridgehead atoms. The number of amides is 1. The van der Waals surface area contributed by atoms with Gasteiger partial charge >= 0.3 is 0 Å². The van der Waals surface area contributed by atoms with Crippen molar-refractivity contribution in [3.8, 4) is 11.8 Å². The maximum Gasteiger partial charge on any atom is 0.251 e. The van der Waals surface area contributed by atoms with Crippen LogP contribution in [0.15, 0.2) is 18.2 Å². The van der Waals surface area contributed by atoms with Crippen molar-refractivity contribution < 1.29 is 9.90 Å². The molecule has 0 fully saturated rings. The predicted octanol–water partition coefficient (Wildman–Crippen LogP) is 1.34. The minimum Gasteiger partial charge on any atom is -0.508 e. The number of rotatable bonds is 3. The van der Waals surface area contributed by atoms with Crippen LogP contribution in [-0.4, -0.2) is 17.6 Å². The van der Waals surface area contributed by atoms with Crippen LogP contribution in [0.25, 0.3) is 0 Å². The van der Waals surface area contributed by atoms with Crippen molar-refractivity contribution in [2.24, 2.45) is 0 Å². The molecule has 0 radical (unpaired) electrons. The van der Waals surface area contributed by atoms with Gasteiger partial charge in [-0.2, -0.15) is 5.26 Å². The molecule has 1 amide bonds. The number of hydrogen-bond donors (Lipinski definition) is 2. The van der Waals surface area contributed by atoms with Crippen LogP contribution in [0, 0.1) is 18.3 Å². The smallest absolute Gasteiger partial charge is 0.251 e. The van der Waals surface area contributed by atoms with Crippen LogP contribution in [0.3, 0.4) is 0 Å². The van der Waals surface area contributed by atoms with E-state index in [-0.39, 0.29) is 18.1 Å². The van der Waals surface area contributed by atoms with E-state index in [0.29, 0.717) is 12.1 Å². The first-order chi connectivity index (χ1) is 7.15. The van der Waals surface area contributed by atoms with Crippen molar-refractivity contribution in [3.63, 3.8) is 0 Å². The first kappa shape index (κ1) is 11.1. The summed E-state index contributed by atoms with van der Waals surface area (Å²) in [7, 11) is 0. The molecule has 0 aliphatic heterocycles. The fourth-order valence-electron chi connectivity index (χ4n) is 1.08. The Morgan fingerprint density at radius 1 is 1.60 bits per heavy atom. The normalized spacial score (nSPS) is 9.33. The van der Waals surface area contributed by atoms with Crippen molar-refractivity contribution in [1.82, 2.24) is 5.32 Å². The third-order valence-electron chi connectivity index (χ3n) is 1.99. The minimum atomic E-state index is -0.277. The Kier molecular flexibility index (Phi) is 3.69. The van der Waals surface area contributed by atoms with Gasteiger partial charge in [-0.15, -0.1) is 0 Å². The van der Waals surface area contributed by atoms with Crippen LogP contribution in [0.1, 0.15) is 22.3 Å². The number of nitrogens with one attached hydrogen (secondary N) is 1. The van der Waals surface area contributed by atoms with E-state index in [1.165, 1.54) is 6.07 Å². The van der Waals surface area contributed by atoms with Gasteiger partial charge in [0.15, 0.2) is 0 Å². The first-order valence-electron chi connectivity index (χ1n) is 4.60. The molecule has 4 heteroatoms. The van der Waals surface area contributed by atoms with E-state index in [9.17, 15) is 9.90 Å². The molecule has 0 atom stereocenters. The van der Waals surface area contributed by atoms with E-state index in [1.54, 1.807) is 19.1 Å². The number of carbonyl (C=O) groups is 1. The van der Waals surface area contributed by atoms with Crippen molar-refractivity contribution in [2.75, 3.05) is 6.54 Å². The Labute approximate surface area is 88.2 Å². The summed E-state index contributed by atoms with van der Waals surface area (Å²) in [5.41, 5.74) is 1.12. The second-order valence-electron chi connectivity index (χ2n) is 3.17. The Bertz CT molecular complexity index is 408. The van der Waals surface area contributed by atoms with Gasteiger partial charge in [-0.1, -0.05) is 6.07 Å². The van der Waals surface area contributed by atoms with Gasteiger partial charge in [0.05, 0.1) is 12.5 Å². The fraction of sp³-hybridized carbons (Fsp3) is 0.273. The summed E-state index contributed by atoms with van der Waals surface area (Å²) in [6.07, 6.45) is 0.281. The van der Waals surface area contributed by atoms with Crippen molar-refractivity contribution in [3.05, 3.63) is 29.3 Å². The van der Waals surface area contributed by atoms with E-state index < -0.39 is 0 Å². The number of nitriles is 1. The molecule has 0 unspecified atom stereocenters. The molecule has 1 rings (SSSR count). The molecule has 78 valence electrons. The second kappa shape index (κ2) is 5.01. The zero-order chi connectivity index (χ0) is 11.3. The quantitative estimate of drug-likeness (QED) is 0.730. The Morgan fingerprint density at radius 3 is 2.93 bits per heavy atom. The molecule has 2 N–H and O–H groups in total. The lowest BCUT2D eigenvalue weighted by molar-refractivity contribution is 0.0954. The van der Waals surface area contributed by atoms with Gasteiger partial charge in [-0.25, -0.2) is 0 Å². The first-order valence-corrected chi connectivity index (χ1v) is 4.60. The van der Waals surface area contributed by atoms with Crippen LogP contribution in [0.2, 0.25) is 0 Å². The minimum absolute atomic E-state index is 0.0999. The lowest BCUT2D eigenvalue weighted by atomic mass is 10.1. The molecule has 0 heterocycles. The average Bonchev–Trinajstić information content (AvgIpc) is 2.22. The molecular formula is C11H12N2O2. The Hall–Kier alpha value is -2.02. The average molecular weight is 204 g/mol. The van der Waals surface area contributed by atoms with Gasteiger partial charge in [0.1, 0.15) is 5.75 Å². The predicted molar refractivity (Wildman–Crippen MR) is 55.4 cm³/mol. The summed E-state index contributed by atoms with van der Waals surface area (Å²) >= 11 is 0. The summed E-state index contributed by atoms with van der Waals surface area (Å²) in [5.74, 6) is -0.177. The summed E-state index contributed by atoms with van der Waals surface area (Å²) < 4.78 is 0. The lowest BCUT2D eigenvalue weighted by Crippen LogP contribution is -2.24. The third kappa shape index (κ3) is 2.99. The summed E-state index contributed by atoms with van der Waals surface area (Å²) in [6.45, 7) is 2.08. The molecule has 15 heavy (non-hydrogen) atoms. The van der Waals surface area contributed by atoms with Gasteiger partial charge < -0.3 is 10.4 Å². The molecule has 0 aromatic heterocycles. The van der Waals surface area contributed by atoms with E-state index in [2.05, 4.69) is 5.32 Å². The molecule has 4 nitrogen and oxygen atoms in total. The van der Waals surface area contributed by atoms with Crippen LogP contribution >= 0.6 is 0 Å². The largest absolute Gasteiger partial charge is 0.508 e. The van der Waals surface area contributed by atoms with Gasteiger partial charge in [0.25, 0.3) is 5.91 Å². The van der Waals surface area contributed by atoms with Crippen LogP contribution in [0.4, 0.5) is 0 Å². The highest BCUT2D eigenvalue weighted by molar-refractivity contribution is 5.94. The number of carbonyl (C=O) groups excluding carboxylic acids is 1. The summed E-state index contributed by atoms with van der Waals surface area (Å²) in [4.78, 5) is 11.5. The number of benzene rings is 1. The van der Waals surface area contributed by atoms with Crippen LogP contribution in [0.5, 0.6) is 5.75 Å². The number of phenols is 1. The number of nitrogens with zero attached hydrogens (tertiary/aromatic N) is 1. The molecule has 0 saturated carbocycles. The van der Waals surface area contributed by atoms with E-state index >= 15 is 0 Å². The molecular weight excluding hydrogens is 192 g/mol. The maximum absolute atomic E-state index is 11.5. The lowest BCUT2D eigenvalue weighted by Gasteiger charge is -2.04. The van der Waals surface area contributed by atoms with E-state index in [0.717, 1.165) is 5.56 Å². The van der Waals surface area contributed by atoms with Gasteiger partial charge in [0, 0.05) is 12.1 Å². The standard InChI is InChI=1S/C11H12N2O2/c1-8-3-4-9(7-10(8)14)11(15)13-6-2-5-12/h3-4,7,14H,2,6H2,1H3,(H,13,15). The van der Waals surface area contributed by atoms with E-state index in [4.69, 9.17) is 5.26 Å². The molecule has 0 spiro atoms. The highest BCUT2D eigenvalue weighted by Gasteiger charge is 2.06. The summed E-state index contributed by atoms with van der Waals surface area (Å²) in [6, 6.07) is 6.66. The maximum atomic E-state index is 11.5. The summed E-state index contributed by atoms with van der Waals surface area (Å²) in [5, 5.41) is 20.3. The van der Waals surface area contributed by atoms with Gasteiger partial charge in [-0.05, 0) is 24.6 Å². The number of hydrogen-bond acceptors (Lipinski definition) is 3. The van der Waals surface area contributed by atoms with Gasteiger partial charge in [0.2, 0.25) is 0 Å². The third-order valence-corrected chi connectivity index (χ3v) is 1.99. The van der Waals surface area contributed by atoms with Crippen LogP contribution in [-0.2, 0) is 0 Å². The fourth-order valence-corrected chi connectivity index (χ4v) is 1.08. The van der Waals surface area contributed by atoms with Crippen molar-refractivity contribution in [1.29, 1.82) is 5.26 Å². The molecule has 0 saturated heterocycles. The van der Waals surface area contributed by atoms with Gasteiger partial charge in [-0.3, -0.25) is 4.79 Å². The Morgan fingerprint density at radius 2 is 2.33 bits per heavy atom. The zero-order valence-corrected chi connectivity index (χ0v) is 8.45. The van der Waals surface area contributed by atoms with E-state index in [1.807, 2.05) is 6.07 Å². The highest BCUT2D eigenvalue weighted by Crippen LogP contribution is 2.17. The second-order valence-corrected chi connectivity index (χ2v) is 3.17. The number of aromatic hydroxyl groups is 1. The highest BCUT2D eigenvalue weighted by atomic mass is 16.3. The SMILES string of the molecule is Cc1ccc(C(=O)NCCC#N)cc1O. The molecule has 1 aromatic rings. The van der Waals surface area contributed by atoms with Crippen LogP contribution < -0.4 is 5.32 Å². The van der Waals surface area contributed by atoms with Crippen molar-refractivity contribution >= 4 is 5.91 Å². The molecule has 1 aromatic carbocycles. The number of phenolic OH excluding ortho intramolecular Hbond substituents is 1. The molecule has 0 aliphatic rings. The molecule has 0 aliphatic carbocycles. The van der Waals surface area contributed by atoms with Crippen molar-refractivity contribution in [2.45, 2.75) is 13.3 Å². The Balaban J connectivity index is 2.67. The topological polar surface area (TPSA) is 73.1 Å². The number of aryl methyl sites for hydroxylation is 1. The monoisotopic (exact) mass is 204 g/mol.